The molecule has 0 aliphatic heterocycles. The zero-order valence-corrected chi connectivity index (χ0v) is 16.2. The van der Waals surface area contributed by atoms with Gasteiger partial charge in [0, 0.05) is 4.47 Å². The Kier molecular flexibility index (Phi) is 6.44. The van der Waals surface area contributed by atoms with Gasteiger partial charge in [-0.15, -0.1) is 0 Å². The first-order chi connectivity index (χ1) is 11.9. The smallest absolute Gasteiger partial charge is 0.326 e. The van der Waals surface area contributed by atoms with Crippen molar-refractivity contribution in [2.75, 3.05) is 24.6 Å². The summed E-state index contributed by atoms with van der Waals surface area (Å²) in [5, 5.41) is 0. The van der Waals surface area contributed by atoms with E-state index < -0.39 is 22.5 Å². The van der Waals surface area contributed by atoms with Crippen LogP contribution in [0.25, 0.3) is 0 Å². The Bertz CT molecular complexity index is 836. The predicted molar refractivity (Wildman–Crippen MR) is 98.3 cm³/mol. The van der Waals surface area contributed by atoms with Crippen LogP contribution in [-0.4, -0.2) is 34.6 Å². The minimum absolute atomic E-state index is 0.0494. The highest BCUT2D eigenvalue weighted by atomic mass is 79.9. The molecule has 0 spiro atoms. The summed E-state index contributed by atoms with van der Waals surface area (Å²) in [6, 6.07) is 12.7. The van der Waals surface area contributed by atoms with Gasteiger partial charge in [-0.25, -0.2) is 8.42 Å². The number of esters is 1. The molecule has 0 radical (unpaired) electrons. The van der Waals surface area contributed by atoms with E-state index in [4.69, 9.17) is 9.47 Å². The van der Waals surface area contributed by atoms with Crippen molar-refractivity contribution in [3.05, 3.63) is 53.0 Å². The van der Waals surface area contributed by atoms with Crippen LogP contribution in [0.15, 0.2) is 57.9 Å². The van der Waals surface area contributed by atoms with Gasteiger partial charge in [0.15, 0.2) is 0 Å². The number of rotatable bonds is 7. The Hall–Kier alpha value is -2.06. The molecule has 0 heterocycles. The molecule has 2 rings (SSSR count). The minimum Gasteiger partial charge on any atom is -0.497 e. The number of nitrogens with zero attached hydrogens (tertiary/aromatic N) is 1. The van der Waals surface area contributed by atoms with Crippen molar-refractivity contribution in [3.8, 4) is 5.75 Å². The molecule has 0 saturated carbocycles. The minimum atomic E-state index is -3.97. The van der Waals surface area contributed by atoms with E-state index in [1.54, 1.807) is 43.3 Å². The average molecular weight is 428 g/mol. The number of hydrogen-bond donors (Lipinski definition) is 0. The van der Waals surface area contributed by atoms with Crippen molar-refractivity contribution in [2.45, 2.75) is 11.8 Å². The van der Waals surface area contributed by atoms with Crippen LogP contribution in [0.4, 0.5) is 5.69 Å². The van der Waals surface area contributed by atoms with Crippen molar-refractivity contribution in [2.24, 2.45) is 0 Å². The summed E-state index contributed by atoms with van der Waals surface area (Å²) < 4.78 is 37.7. The number of carbonyl (C=O) groups is 1. The van der Waals surface area contributed by atoms with Crippen molar-refractivity contribution in [3.63, 3.8) is 0 Å². The van der Waals surface area contributed by atoms with Crippen LogP contribution in [-0.2, 0) is 19.6 Å². The van der Waals surface area contributed by atoms with E-state index in [1.807, 2.05) is 0 Å². The summed E-state index contributed by atoms with van der Waals surface area (Å²) in [6.07, 6.45) is 0. The van der Waals surface area contributed by atoms with Crippen LogP contribution in [0.5, 0.6) is 5.75 Å². The van der Waals surface area contributed by atoms with Gasteiger partial charge in [0.25, 0.3) is 10.0 Å². The zero-order chi connectivity index (χ0) is 18.4. The molecule has 134 valence electrons. The van der Waals surface area contributed by atoms with Gasteiger partial charge in [0.1, 0.15) is 12.3 Å². The number of halogens is 1. The Morgan fingerprint density at radius 1 is 1.12 bits per heavy atom. The monoisotopic (exact) mass is 427 g/mol. The zero-order valence-electron chi connectivity index (χ0n) is 13.8. The first-order valence-electron chi connectivity index (χ1n) is 7.47. The highest BCUT2D eigenvalue weighted by molar-refractivity contribution is 9.10. The second-order valence-electron chi connectivity index (χ2n) is 4.94. The molecule has 2 aromatic carbocycles. The van der Waals surface area contributed by atoms with E-state index in [0.29, 0.717) is 15.9 Å². The summed E-state index contributed by atoms with van der Waals surface area (Å²) in [7, 11) is -2.47. The van der Waals surface area contributed by atoms with Gasteiger partial charge in [0.05, 0.1) is 24.3 Å². The van der Waals surface area contributed by atoms with Gasteiger partial charge in [0.2, 0.25) is 0 Å². The Balaban J connectivity index is 2.49. The van der Waals surface area contributed by atoms with Crippen molar-refractivity contribution < 1.29 is 22.7 Å². The molecule has 0 N–H and O–H groups in total. The summed E-state index contributed by atoms with van der Waals surface area (Å²) in [5.41, 5.74) is 0.353. The summed E-state index contributed by atoms with van der Waals surface area (Å²) in [5.74, 6) is -0.0906. The molecule has 2 aromatic rings. The van der Waals surface area contributed by atoms with Crippen molar-refractivity contribution >= 4 is 37.6 Å². The molecule has 0 amide bonds. The number of carbonyl (C=O) groups excluding carboxylic acids is 1. The van der Waals surface area contributed by atoms with E-state index in [1.165, 1.54) is 19.2 Å². The maximum Gasteiger partial charge on any atom is 0.326 e. The standard InChI is InChI=1S/C17H18BrNO5S/c1-3-24-17(20)12-19(16-7-5-4-6-15(16)18)25(21,22)14-10-8-13(23-2)9-11-14/h4-11H,3,12H2,1-2H3. The Morgan fingerprint density at radius 3 is 2.32 bits per heavy atom. The van der Waals surface area contributed by atoms with Crippen LogP contribution in [0.1, 0.15) is 6.92 Å². The molecule has 0 aliphatic carbocycles. The van der Waals surface area contributed by atoms with Crippen LogP contribution in [0.3, 0.4) is 0 Å². The number of methoxy groups -OCH3 is 1. The number of benzene rings is 2. The van der Waals surface area contributed by atoms with Gasteiger partial charge in [-0.2, -0.15) is 0 Å². The third kappa shape index (κ3) is 4.52. The third-order valence-corrected chi connectivity index (χ3v) is 5.79. The quantitative estimate of drug-likeness (QED) is 0.634. The molecule has 0 bridgehead atoms. The van der Waals surface area contributed by atoms with E-state index in [9.17, 15) is 13.2 Å². The lowest BCUT2D eigenvalue weighted by atomic mass is 10.3. The molecule has 6 nitrogen and oxygen atoms in total. The lowest BCUT2D eigenvalue weighted by Gasteiger charge is -2.24. The second-order valence-corrected chi connectivity index (χ2v) is 7.66. The topological polar surface area (TPSA) is 72.9 Å². The number of anilines is 1. The Morgan fingerprint density at radius 2 is 1.76 bits per heavy atom. The van der Waals surface area contributed by atoms with Gasteiger partial charge < -0.3 is 9.47 Å². The lowest BCUT2D eigenvalue weighted by Crippen LogP contribution is -2.36. The summed E-state index contributed by atoms with van der Waals surface area (Å²) >= 11 is 3.34. The van der Waals surface area contributed by atoms with Crippen molar-refractivity contribution in [1.82, 2.24) is 0 Å². The Labute approximate surface area is 155 Å². The van der Waals surface area contributed by atoms with Gasteiger partial charge >= 0.3 is 5.97 Å². The van der Waals surface area contributed by atoms with Gasteiger partial charge in [-0.3, -0.25) is 9.10 Å². The highest BCUT2D eigenvalue weighted by Gasteiger charge is 2.29. The molecule has 0 atom stereocenters. The normalized spacial score (nSPS) is 11.0. The first-order valence-corrected chi connectivity index (χ1v) is 9.70. The van der Waals surface area contributed by atoms with Crippen LogP contribution >= 0.6 is 15.9 Å². The summed E-state index contributed by atoms with van der Waals surface area (Å²) in [4.78, 5) is 12.0. The van der Waals surface area contributed by atoms with Gasteiger partial charge in [-0.05, 0) is 59.3 Å². The molecular formula is C17H18BrNO5S. The number of sulfonamides is 1. The molecule has 0 saturated heterocycles. The molecular weight excluding hydrogens is 410 g/mol. The fourth-order valence-corrected chi connectivity index (χ4v) is 4.20. The van der Waals surface area contributed by atoms with E-state index in [0.717, 1.165) is 4.31 Å². The number of para-hydroxylation sites is 1. The molecule has 8 heteroatoms. The second kappa shape index (κ2) is 8.35. The molecule has 25 heavy (non-hydrogen) atoms. The summed E-state index contributed by atoms with van der Waals surface area (Å²) in [6.45, 7) is 1.41. The molecule has 0 aliphatic rings. The van der Waals surface area contributed by atoms with Crippen LogP contribution in [0.2, 0.25) is 0 Å². The van der Waals surface area contributed by atoms with Crippen LogP contribution in [0, 0.1) is 0 Å². The first kappa shape index (κ1) is 19.3. The predicted octanol–water partition coefficient (Wildman–Crippen LogP) is 3.22. The molecule has 0 fully saturated rings. The average Bonchev–Trinajstić information content (AvgIpc) is 2.60. The maximum absolute atomic E-state index is 13.1. The third-order valence-electron chi connectivity index (χ3n) is 3.35. The SMILES string of the molecule is CCOC(=O)CN(c1ccccc1Br)S(=O)(=O)c1ccc(OC)cc1. The molecule has 0 aromatic heterocycles. The fourth-order valence-electron chi connectivity index (χ4n) is 2.15. The highest BCUT2D eigenvalue weighted by Crippen LogP contribution is 2.31. The maximum atomic E-state index is 13.1. The molecule has 0 unspecified atom stereocenters. The number of ether oxygens (including phenoxy) is 2. The largest absolute Gasteiger partial charge is 0.497 e. The lowest BCUT2D eigenvalue weighted by molar-refractivity contribution is -0.141. The van der Waals surface area contributed by atoms with E-state index in [-0.39, 0.29) is 11.5 Å². The van der Waals surface area contributed by atoms with E-state index >= 15 is 0 Å². The van der Waals surface area contributed by atoms with E-state index in [2.05, 4.69) is 15.9 Å². The number of hydrogen-bond acceptors (Lipinski definition) is 5. The van der Waals surface area contributed by atoms with Crippen LogP contribution < -0.4 is 9.04 Å². The van der Waals surface area contributed by atoms with Gasteiger partial charge in [-0.1, -0.05) is 12.1 Å². The fraction of sp³-hybridized carbons (Fsp3) is 0.235. The van der Waals surface area contributed by atoms with Crippen molar-refractivity contribution in [1.29, 1.82) is 0 Å².